The monoisotopic (exact) mass is 386 g/mol. The van der Waals surface area contributed by atoms with Crippen LogP contribution in [0.4, 0.5) is 13.2 Å². The van der Waals surface area contributed by atoms with E-state index in [2.05, 4.69) is 4.74 Å². The van der Waals surface area contributed by atoms with Gasteiger partial charge in [-0.3, -0.25) is 10.8 Å². The van der Waals surface area contributed by atoms with Gasteiger partial charge in [0.2, 0.25) is 5.90 Å². The van der Waals surface area contributed by atoms with Gasteiger partial charge in [-0.2, -0.15) is 13.2 Å². The van der Waals surface area contributed by atoms with E-state index in [0.717, 1.165) is 0 Å². The van der Waals surface area contributed by atoms with E-state index < -0.39 is 27.1 Å². The second kappa shape index (κ2) is 7.93. The Hall–Kier alpha value is -0.400. The van der Waals surface area contributed by atoms with Crippen molar-refractivity contribution in [1.82, 2.24) is 0 Å². The van der Waals surface area contributed by atoms with Crippen molar-refractivity contribution in [2.45, 2.75) is 62.7 Å². The summed E-state index contributed by atoms with van der Waals surface area (Å²) in [6.07, 6.45) is -4.67. The first kappa shape index (κ1) is 23.9. The minimum atomic E-state index is -4.67. The fraction of sp³-hybridized carbons (Fsp3) is 0.833. The molecule has 0 aliphatic rings. The highest BCUT2D eigenvalue weighted by molar-refractivity contribution is 6.76. The molecular formula is C12H20Cl3F3N2O2. The van der Waals surface area contributed by atoms with E-state index in [1.165, 1.54) is 20.8 Å². The molecule has 0 aromatic carbocycles. The Morgan fingerprint density at radius 2 is 1.00 bits per heavy atom. The van der Waals surface area contributed by atoms with Crippen molar-refractivity contribution >= 4 is 46.6 Å². The molecule has 0 unspecified atom stereocenters. The predicted molar refractivity (Wildman–Crippen MR) is 83.5 cm³/mol. The smallest absolute Gasteiger partial charge is 0.467 e. The highest BCUT2D eigenvalue weighted by atomic mass is 35.6. The van der Waals surface area contributed by atoms with E-state index in [1.54, 1.807) is 20.8 Å². The number of nitrogens with one attached hydrogen (secondary N) is 2. The van der Waals surface area contributed by atoms with Gasteiger partial charge in [0.15, 0.2) is 0 Å². The lowest BCUT2D eigenvalue weighted by Crippen LogP contribution is -2.32. The Kier molecular flexibility index (Phi) is 8.60. The van der Waals surface area contributed by atoms with Crippen LogP contribution in [-0.4, -0.2) is 33.0 Å². The quantitative estimate of drug-likeness (QED) is 0.328. The molecule has 10 heteroatoms. The van der Waals surface area contributed by atoms with Crippen LogP contribution in [0.1, 0.15) is 41.5 Å². The summed E-state index contributed by atoms with van der Waals surface area (Å²) in [5.41, 5.74) is -1.46. The van der Waals surface area contributed by atoms with Gasteiger partial charge in [-0.1, -0.05) is 34.8 Å². The molecule has 4 nitrogen and oxygen atoms in total. The Morgan fingerprint density at radius 1 is 0.727 bits per heavy atom. The van der Waals surface area contributed by atoms with Crippen molar-refractivity contribution in [3.05, 3.63) is 0 Å². The average molecular weight is 388 g/mol. The average Bonchev–Trinajstić information content (AvgIpc) is 2.09. The maximum atomic E-state index is 11.6. The van der Waals surface area contributed by atoms with E-state index in [-0.39, 0.29) is 5.90 Å². The molecular weight excluding hydrogens is 367 g/mol. The van der Waals surface area contributed by atoms with E-state index in [4.69, 9.17) is 50.4 Å². The van der Waals surface area contributed by atoms with Crippen LogP contribution in [0.2, 0.25) is 0 Å². The number of halogens is 6. The summed E-state index contributed by atoms with van der Waals surface area (Å²) >= 11 is 16.1. The zero-order valence-corrected chi connectivity index (χ0v) is 15.4. The summed E-state index contributed by atoms with van der Waals surface area (Å²) in [6.45, 7) is 9.68. The number of hydrogen-bond donors (Lipinski definition) is 2. The molecule has 2 N–H and O–H groups in total. The number of rotatable bonds is 0. The maximum Gasteiger partial charge on any atom is 0.467 e. The van der Waals surface area contributed by atoms with E-state index in [1.807, 2.05) is 0 Å². The summed E-state index contributed by atoms with van der Waals surface area (Å²) in [4.78, 5) is 0. The highest BCUT2D eigenvalue weighted by Gasteiger charge is 2.38. The van der Waals surface area contributed by atoms with E-state index in [0.29, 0.717) is 0 Å². The van der Waals surface area contributed by atoms with Crippen LogP contribution in [0.3, 0.4) is 0 Å². The lowest BCUT2D eigenvalue weighted by Gasteiger charge is -2.24. The molecule has 0 aliphatic heterocycles. The third-order valence-corrected chi connectivity index (χ3v) is 1.85. The molecule has 0 saturated carbocycles. The molecule has 132 valence electrons. The van der Waals surface area contributed by atoms with Gasteiger partial charge >= 0.3 is 6.18 Å². The van der Waals surface area contributed by atoms with Crippen molar-refractivity contribution in [2.24, 2.45) is 0 Å². The predicted octanol–water partition coefficient (Wildman–Crippen LogP) is 5.49. The van der Waals surface area contributed by atoms with Crippen molar-refractivity contribution in [1.29, 1.82) is 10.8 Å². The Bertz CT molecular complexity index is 356. The molecule has 0 rings (SSSR count). The molecule has 0 aromatic rings. The fourth-order valence-corrected chi connectivity index (χ4v) is 0.844. The van der Waals surface area contributed by atoms with Crippen molar-refractivity contribution in [3.8, 4) is 0 Å². The topological polar surface area (TPSA) is 66.2 Å². The first-order valence-corrected chi connectivity index (χ1v) is 7.08. The number of hydrogen-bond acceptors (Lipinski definition) is 4. The lowest BCUT2D eigenvalue weighted by molar-refractivity contribution is -0.0909. The van der Waals surface area contributed by atoms with Gasteiger partial charge in [-0.25, -0.2) is 0 Å². The molecule has 0 saturated heterocycles. The third kappa shape index (κ3) is 14.5. The fourth-order valence-electron chi connectivity index (χ4n) is 0.728. The second-order valence-electron chi connectivity index (χ2n) is 6.08. The van der Waals surface area contributed by atoms with Crippen LogP contribution in [0, 0.1) is 10.8 Å². The first-order valence-electron chi connectivity index (χ1n) is 5.95. The van der Waals surface area contributed by atoms with Gasteiger partial charge in [0, 0.05) is 0 Å². The summed E-state index contributed by atoms with van der Waals surface area (Å²) in [6, 6.07) is 0. The molecule has 0 fully saturated rings. The Labute approximate surface area is 143 Å². The molecule has 0 heterocycles. The molecule has 0 spiro atoms. The second-order valence-corrected chi connectivity index (χ2v) is 8.36. The van der Waals surface area contributed by atoms with Crippen LogP contribution in [0.25, 0.3) is 0 Å². The Morgan fingerprint density at radius 3 is 1.09 bits per heavy atom. The largest absolute Gasteiger partial charge is 0.472 e. The lowest BCUT2D eigenvalue weighted by atomic mass is 10.2. The van der Waals surface area contributed by atoms with Gasteiger partial charge in [-0.05, 0) is 41.5 Å². The third-order valence-electron chi connectivity index (χ3n) is 1.33. The van der Waals surface area contributed by atoms with Crippen LogP contribution in [0.15, 0.2) is 0 Å². The van der Waals surface area contributed by atoms with Gasteiger partial charge in [0.25, 0.3) is 9.69 Å². The Balaban J connectivity index is 0. The molecule has 0 amide bonds. The molecule has 0 aromatic heterocycles. The highest BCUT2D eigenvalue weighted by Crippen LogP contribution is 2.29. The summed E-state index contributed by atoms with van der Waals surface area (Å²) in [5.74, 6) is -2.00. The first-order chi connectivity index (χ1) is 9.26. The summed E-state index contributed by atoms with van der Waals surface area (Å²) in [5, 5.41) is 13.6. The van der Waals surface area contributed by atoms with Gasteiger partial charge in [0.05, 0.1) is 0 Å². The van der Waals surface area contributed by atoms with Gasteiger partial charge in [0.1, 0.15) is 11.2 Å². The van der Waals surface area contributed by atoms with Crippen LogP contribution in [-0.2, 0) is 9.47 Å². The molecule has 22 heavy (non-hydrogen) atoms. The van der Waals surface area contributed by atoms with Gasteiger partial charge < -0.3 is 9.47 Å². The zero-order chi connectivity index (χ0) is 18.6. The van der Waals surface area contributed by atoms with Crippen molar-refractivity contribution in [3.63, 3.8) is 0 Å². The maximum absolute atomic E-state index is 11.6. The SMILES string of the molecule is CC(C)(C)OC(=N)C(Cl)(Cl)Cl.CC(C)(C)OC(=N)C(F)(F)F. The van der Waals surface area contributed by atoms with Crippen LogP contribution >= 0.6 is 34.8 Å². The van der Waals surface area contributed by atoms with Crippen molar-refractivity contribution in [2.75, 3.05) is 0 Å². The minimum absolute atomic E-state index is 0.352. The van der Waals surface area contributed by atoms with Crippen LogP contribution < -0.4 is 0 Å². The number of ether oxygens (including phenoxy) is 2. The van der Waals surface area contributed by atoms with E-state index >= 15 is 0 Å². The molecule has 0 aliphatic carbocycles. The standard InChI is InChI=1S/C6H10Cl3NO.C6H10F3NO/c2*1-5(2,3)11-4(10)6(7,8)9/h2*10H,1-3H3. The van der Waals surface area contributed by atoms with E-state index in [9.17, 15) is 13.2 Å². The summed E-state index contributed by atoms with van der Waals surface area (Å²) < 4.78 is 42.4. The van der Waals surface area contributed by atoms with Crippen LogP contribution in [0.5, 0.6) is 0 Å². The van der Waals surface area contributed by atoms with Crippen molar-refractivity contribution < 1.29 is 22.6 Å². The summed E-state index contributed by atoms with van der Waals surface area (Å²) in [7, 11) is 0. The molecule has 0 atom stereocenters. The number of alkyl halides is 6. The zero-order valence-electron chi connectivity index (χ0n) is 13.1. The molecule has 0 bridgehead atoms. The van der Waals surface area contributed by atoms with Gasteiger partial charge in [-0.15, -0.1) is 0 Å². The minimum Gasteiger partial charge on any atom is -0.472 e. The normalized spacial score (nSPS) is 12.9. The molecule has 0 radical (unpaired) electrons.